The van der Waals surface area contributed by atoms with E-state index in [4.69, 9.17) is 9.47 Å². The van der Waals surface area contributed by atoms with Gasteiger partial charge in [-0.15, -0.1) is 0 Å². The van der Waals surface area contributed by atoms with Gasteiger partial charge in [-0.1, -0.05) is 35.0 Å². The maximum absolute atomic E-state index is 5.72. The molecule has 1 rings (SSSR count). The molecule has 1 aromatic carbocycles. The van der Waals surface area contributed by atoms with Crippen LogP contribution >= 0.6 is 15.9 Å². The van der Waals surface area contributed by atoms with Gasteiger partial charge < -0.3 is 9.47 Å². The van der Waals surface area contributed by atoms with E-state index in [-0.39, 0.29) is 0 Å². The Morgan fingerprint density at radius 1 is 1.18 bits per heavy atom. The summed E-state index contributed by atoms with van der Waals surface area (Å²) in [6, 6.07) is 7.73. The van der Waals surface area contributed by atoms with E-state index in [1.807, 2.05) is 24.3 Å². The summed E-state index contributed by atoms with van der Waals surface area (Å²) in [6.45, 7) is 5.86. The van der Waals surface area contributed by atoms with Crippen molar-refractivity contribution in [2.24, 2.45) is 0 Å². The Hall–Kier alpha value is -0.740. The first-order chi connectivity index (χ1) is 8.31. The molecule has 0 aliphatic carbocycles. The quantitative estimate of drug-likeness (QED) is 0.689. The first-order valence-corrected chi connectivity index (χ1v) is 6.98. The SMILES string of the molecule is CCN(CCBr)CCOc1ccccc1OC. The molecule has 0 spiro atoms. The largest absolute Gasteiger partial charge is 0.493 e. The summed E-state index contributed by atoms with van der Waals surface area (Å²) in [7, 11) is 1.66. The van der Waals surface area contributed by atoms with Crippen LogP contribution in [0.5, 0.6) is 11.5 Å². The average molecular weight is 302 g/mol. The van der Waals surface area contributed by atoms with Crippen LogP contribution in [-0.4, -0.2) is 43.6 Å². The number of nitrogens with zero attached hydrogens (tertiary/aromatic N) is 1. The Kier molecular flexibility index (Phi) is 7.05. The molecule has 0 aliphatic heterocycles. The standard InChI is InChI=1S/C13H20BrNO2/c1-3-15(9-8-14)10-11-17-13-7-5-4-6-12(13)16-2/h4-7H,3,8-11H2,1-2H3. The van der Waals surface area contributed by atoms with Gasteiger partial charge in [-0.25, -0.2) is 0 Å². The van der Waals surface area contributed by atoms with Gasteiger partial charge in [-0.2, -0.15) is 0 Å². The summed E-state index contributed by atoms with van der Waals surface area (Å²) in [5.74, 6) is 1.60. The van der Waals surface area contributed by atoms with Gasteiger partial charge in [-0.3, -0.25) is 4.90 Å². The maximum atomic E-state index is 5.72. The van der Waals surface area contributed by atoms with Crippen LogP contribution in [-0.2, 0) is 0 Å². The molecule has 0 atom stereocenters. The van der Waals surface area contributed by atoms with Gasteiger partial charge in [0.2, 0.25) is 0 Å². The molecule has 0 bridgehead atoms. The average Bonchev–Trinajstić information content (AvgIpc) is 2.38. The molecule has 4 heteroatoms. The Morgan fingerprint density at radius 2 is 1.88 bits per heavy atom. The van der Waals surface area contributed by atoms with Crippen LogP contribution < -0.4 is 9.47 Å². The zero-order valence-corrected chi connectivity index (χ0v) is 12.1. The molecule has 0 radical (unpaired) electrons. The van der Waals surface area contributed by atoms with Crippen molar-refractivity contribution in [1.29, 1.82) is 0 Å². The van der Waals surface area contributed by atoms with Gasteiger partial charge >= 0.3 is 0 Å². The highest BCUT2D eigenvalue weighted by Crippen LogP contribution is 2.25. The number of hydrogen-bond donors (Lipinski definition) is 0. The maximum Gasteiger partial charge on any atom is 0.161 e. The molecule has 0 fully saturated rings. The third-order valence-corrected chi connectivity index (χ3v) is 2.94. The number of methoxy groups -OCH3 is 1. The summed E-state index contributed by atoms with van der Waals surface area (Å²) >= 11 is 3.45. The predicted molar refractivity (Wildman–Crippen MR) is 74.4 cm³/mol. The lowest BCUT2D eigenvalue weighted by atomic mass is 10.3. The van der Waals surface area contributed by atoms with Crippen molar-refractivity contribution in [3.05, 3.63) is 24.3 Å². The summed E-state index contributed by atoms with van der Waals surface area (Å²) in [5.41, 5.74) is 0. The van der Waals surface area contributed by atoms with E-state index in [1.54, 1.807) is 7.11 Å². The summed E-state index contributed by atoms with van der Waals surface area (Å²) in [5, 5.41) is 0.996. The highest BCUT2D eigenvalue weighted by atomic mass is 79.9. The molecule has 96 valence electrons. The highest BCUT2D eigenvalue weighted by Gasteiger charge is 2.04. The molecule has 0 aromatic heterocycles. The van der Waals surface area contributed by atoms with Crippen LogP contribution in [0, 0.1) is 0 Å². The Bertz CT molecular complexity index is 320. The minimum Gasteiger partial charge on any atom is -0.493 e. The lowest BCUT2D eigenvalue weighted by Crippen LogP contribution is -2.30. The number of ether oxygens (including phenoxy) is 2. The number of alkyl halides is 1. The molecule has 0 N–H and O–H groups in total. The molecule has 0 heterocycles. The zero-order valence-electron chi connectivity index (χ0n) is 10.5. The van der Waals surface area contributed by atoms with E-state index in [2.05, 4.69) is 27.8 Å². The summed E-state index contributed by atoms with van der Waals surface area (Å²) in [4.78, 5) is 2.34. The van der Waals surface area contributed by atoms with Gasteiger partial charge in [0.15, 0.2) is 11.5 Å². The van der Waals surface area contributed by atoms with Crippen molar-refractivity contribution in [2.75, 3.05) is 38.7 Å². The van der Waals surface area contributed by atoms with Crippen molar-refractivity contribution >= 4 is 15.9 Å². The lowest BCUT2D eigenvalue weighted by molar-refractivity contribution is 0.218. The predicted octanol–water partition coefficient (Wildman–Crippen LogP) is 2.79. The highest BCUT2D eigenvalue weighted by molar-refractivity contribution is 9.09. The molecular weight excluding hydrogens is 282 g/mol. The van der Waals surface area contributed by atoms with Crippen LogP contribution in [0.3, 0.4) is 0 Å². The van der Waals surface area contributed by atoms with Crippen molar-refractivity contribution < 1.29 is 9.47 Å². The normalized spacial score (nSPS) is 10.6. The topological polar surface area (TPSA) is 21.7 Å². The minimum absolute atomic E-state index is 0.682. The molecule has 0 unspecified atom stereocenters. The molecule has 0 saturated carbocycles. The van der Waals surface area contributed by atoms with Crippen LogP contribution in [0.4, 0.5) is 0 Å². The number of rotatable bonds is 8. The smallest absolute Gasteiger partial charge is 0.161 e. The summed E-state index contributed by atoms with van der Waals surface area (Å²) in [6.07, 6.45) is 0. The van der Waals surface area contributed by atoms with Crippen LogP contribution in [0.25, 0.3) is 0 Å². The first-order valence-electron chi connectivity index (χ1n) is 5.86. The van der Waals surface area contributed by atoms with E-state index in [1.165, 1.54) is 0 Å². The van der Waals surface area contributed by atoms with Gasteiger partial charge in [0.1, 0.15) is 6.61 Å². The molecule has 3 nitrogen and oxygen atoms in total. The van der Waals surface area contributed by atoms with Crippen molar-refractivity contribution in [3.63, 3.8) is 0 Å². The van der Waals surface area contributed by atoms with Gasteiger partial charge in [-0.05, 0) is 18.7 Å². The summed E-state index contributed by atoms with van der Waals surface area (Å²) < 4.78 is 11.0. The van der Waals surface area contributed by atoms with Crippen LogP contribution in [0.15, 0.2) is 24.3 Å². The van der Waals surface area contributed by atoms with E-state index in [0.29, 0.717) is 6.61 Å². The van der Waals surface area contributed by atoms with Gasteiger partial charge in [0.05, 0.1) is 7.11 Å². The molecule has 17 heavy (non-hydrogen) atoms. The second-order valence-corrected chi connectivity index (χ2v) is 4.42. The number of hydrogen-bond acceptors (Lipinski definition) is 3. The zero-order chi connectivity index (χ0) is 12.5. The van der Waals surface area contributed by atoms with Crippen LogP contribution in [0.2, 0.25) is 0 Å². The fraction of sp³-hybridized carbons (Fsp3) is 0.538. The van der Waals surface area contributed by atoms with Crippen molar-refractivity contribution in [3.8, 4) is 11.5 Å². The molecule has 0 aliphatic rings. The second kappa shape index (κ2) is 8.37. The number of benzene rings is 1. The molecule has 1 aromatic rings. The van der Waals surface area contributed by atoms with E-state index in [0.717, 1.165) is 36.5 Å². The molecule has 0 amide bonds. The Balaban J connectivity index is 2.39. The first kappa shape index (κ1) is 14.3. The fourth-order valence-corrected chi connectivity index (χ4v) is 2.07. The minimum atomic E-state index is 0.682. The number of para-hydroxylation sites is 2. The van der Waals surface area contributed by atoms with E-state index >= 15 is 0 Å². The monoisotopic (exact) mass is 301 g/mol. The lowest BCUT2D eigenvalue weighted by Gasteiger charge is -2.19. The molecule has 0 saturated heterocycles. The van der Waals surface area contributed by atoms with Crippen LogP contribution in [0.1, 0.15) is 6.92 Å². The Morgan fingerprint density at radius 3 is 2.47 bits per heavy atom. The van der Waals surface area contributed by atoms with Crippen molar-refractivity contribution in [2.45, 2.75) is 6.92 Å². The number of halogens is 1. The third kappa shape index (κ3) is 4.96. The van der Waals surface area contributed by atoms with E-state index < -0.39 is 0 Å². The fourth-order valence-electron chi connectivity index (χ4n) is 1.57. The second-order valence-electron chi connectivity index (χ2n) is 3.62. The van der Waals surface area contributed by atoms with Gasteiger partial charge in [0.25, 0.3) is 0 Å². The molecular formula is C13H20BrNO2. The van der Waals surface area contributed by atoms with Gasteiger partial charge in [0, 0.05) is 18.4 Å². The third-order valence-electron chi connectivity index (χ3n) is 2.58. The van der Waals surface area contributed by atoms with Crippen molar-refractivity contribution in [1.82, 2.24) is 4.90 Å². The number of likely N-dealkylation sites (N-methyl/N-ethyl adjacent to an activating group) is 1. The Labute approximate surface area is 112 Å². The van der Waals surface area contributed by atoms with E-state index in [9.17, 15) is 0 Å².